The van der Waals surface area contributed by atoms with Crippen LogP contribution in [0.25, 0.3) is 0 Å². The van der Waals surface area contributed by atoms with Crippen molar-refractivity contribution in [1.82, 2.24) is 0 Å². The van der Waals surface area contributed by atoms with E-state index in [1.807, 2.05) is 13.8 Å². The summed E-state index contributed by atoms with van der Waals surface area (Å²) in [5.41, 5.74) is 1.15. The van der Waals surface area contributed by atoms with Gasteiger partial charge in [0.25, 0.3) is 0 Å². The summed E-state index contributed by atoms with van der Waals surface area (Å²) in [6.07, 6.45) is 0.463. The molecule has 0 aliphatic heterocycles. The van der Waals surface area contributed by atoms with Crippen molar-refractivity contribution in [3.63, 3.8) is 0 Å². The molecule has 1 aromatic rings. The molecule has 1 rings (SSSR count). The number of rotatable bonds is 6. The van der Waals surface area contributed by atoms with Gasteiger partial charge in [-0.1, -0.05) is 13.8 Å². The molecule has 6 heteroatoms. The van der Waals surface area contributed by atoms with E-state index in [1.54, 1.807) is 31.2 Å². The molecule has 0 heterocycles. The predicted molar refractivity (Wildman–Crippen MR) is 77.6 cm³/mol. The highest BCUT2D eigenvalue weighted by atomic mass is 32.2. The Bertz CT molecular complexity index is 521. The first kappa shape index (κ1) is 15.5. The number of carbonyl (C=O) groups is 1. The first-order valence-electron chi connectivity index (χ1n) is 6.23. The molecule has 2 N–H and O–H groups in total. The molecule has 19 heavy (non-hydrogen) atoms. The summed E-state index contributed by atoms with van der Waals surface area (Å²) in [7, 11) is -3.26. The maximum Gasteiger partial charge on any atom is 0.232 e. The Kier molecular flexibility index (Phi) is 5.35. The van der Waals surface area contributed by atoms with Crippen LogP contribution in [0, 0.1) is 5.92 Å². The first-order valence-corrected chi connectivity index (χ1v) is 7.88. The number of benzene rings is 1. The molecule has 0 bridgehead atoms. The van der Waals surface area contributed by atoms with Crippen LogP contribution in [0.4, 0.5) is 11.4 Å². The summed E-state index contributed by atoms with van der Waals surface area (Å²) < 4.78 is 25.2. The summed E-state index contributed by atoms with van der Waals surface area (Å²) >= 11 is 0. The molecule has 0 aliphatic rings. The zero-order chi connectivity index (χ0) is 14.5. The van der Waals surface area contributed by atoms with Gasteiger partial charge in [-0.05, 0) is 37.1 Å². The van der Waals surface area contributed by atoms with Gasteiger partial charge in [-0.15, -0.1) is 0 Å². The Balaban J connectivity index is 2.64. The van der Waals surface area contributed by atoms with Crippen LogP contribution in [0.3, 0.4) is 0 Å². The van der Waals surface area contributed by atoms with Gasteiger partial charge in [-0.3, -0.25) is 9.52 Å². The molecule has 1 aromatic carbocycles. The van der Waals surface area contributed by atoms with Crippen LogP contribution in [0.15, 0.2) is 24.3 Å². The van der Waals surface area contributed by atoms with E-state index < -0.39 is 10.0 Å². The molecule has 0 aliphatic carbocycles. The average Bonchev–Trinajstić information content (AvgIpc) is 2.30. The van der Waals surface area contributed by atoms with Gasteiger partial charge in [0.15, 0.2) is 0 Å². The standard InChI is InChI=1S/C13H20N2O3S/c1-4-19(17,18)15-12-7-5-11(6-8-12)14-13(16)9-10(2)3/h5-8,10,15H,4,9H2,1-3H3,(H,14,16). The largest absolute Gasteiger partial charge is 0.326 e. The molecule has 0 saturated heterocycles. The minimum Gasteiger partial charge on any atom is -0.326 e. The summed E-state index contributed by atoms with van der Waals surface area (Å²) in [6.45, 7) is 5.52. The van der Waals surface area contributed by atoms with Crippen molar-refractivity contribution in [2.75, 3.05) is 15.8 Å². The fourth-order valence-corrected chi connectivity index (χ4v) is 2.10. The molecule has 1 amide bonds. The minimum atomic E-state index is -3.26. The molecule has 5 nitrogen and oxygen atoms in total. The number of carbonyl (C=O) groups excluding carboxylic acids is 1. The lowest BCUT2D eigenvalue weighted by molar-refractivity contribution is -0.116. The highest BCUT2D eigenvalue weighted by Gasteiger charge is 2.07. The first-order chi connectivity index (χ1) is 8.82. The minimum absolute atomic E-state index is 0.0277. The fraction of sp³-hybridized carbons (Fsp3) is 0.462. The van der Waals surface area contributed by atoms with E-state index in [1.165, 1.54) is 0 Å². The Hall–Kier alpha value is -1.56. The normalized spacial score (nSPS) is 11.4. The molecule has 0 saturated carbocycles. The second kappa shape index (κ2) is 6.56. The Morgan fingerprint density at radius 3 is 2.16 bits per heavy atom. The van der Waals surface area contributed by atoms with Crippen molar-refractivity contribution in [2.45, 2.75) is 27.2 Å². The maximum absolute atomic E-state index is 11.6. The van der Waals surface area contributed by atoms with E-state index in [4.69, 9.17) is 0 Å². The lowest BCUT2D eigenvalue weighted by atomic mass is 10.1. The fourth-order valence-electron chi connectivity index (χ4n) is 1.46. The van der Waals surface area contributed by atoms with Gasteiger partial charge in [0.1, 0.15) is 0 Å². The predicted octanol–water partition coefficient (Wildman–Crippen LogP) is 2.43. The molecule has 106 valence electrons. The van der Waals surface area contributed by atoms with Gasteiger partial charge >= 0.3 is 0 Å². The highest BCUT2D eigenvalue weighted by molar-refractivity contribution is 7.92. The number of amides is 1. The van der Waals surface area contributed by atoms with Gasteiger partial charge in [0, 0.05) is 17.8 Å². The lowest BCUT2D eigenvalue weighted by Crippen LogP contribution is -2.15. The average molecular weight is 284 g/mol. The third-order valence-corrected chi connectivity index (χ3v) is 3.72. The molecular formula is C13H20N2O3S. The summed E-state index contributed by atoms with van der Waals surface area (Å²) in [5.74, 6) is 0.285. The number of anilines is 2. The highest BCUT2D eigenvalue weighted by Crippen LogP contribution is 2.15. The van der Waals surface area contributed by atoms with Crippen LogP contribution in [-0.2, 0) is 14.8 Å². The summed E-state index contributed by atoms with van der Waals surface area (Å²) in [6, 6.07) is 6.59. The zero-order valence-corrected chi connectivity index (χ0v) is 12.3. The number of hydrogen-bond donors (Lipinski definition) is 2. The van der Waals surface area contributed by atoms with E-state index in [0.29, 0.717) is 23.7 Å². The molecule has 0 spiro atoms. The van der Waals surface area contributed by atoms with Crippen molar-refractivity contribution in [3.8, 4) is 0 Å². The molecule has 0 radical (unpaired) electrons. The molecule has 0 fully saturated rings. The van der Waals surface area contributed by atoms with Crippen LogP contribution in [0.2, 0.25) is 0 Å². The zero-order valence-electron chi connectivity index (χ0n) is 11.4. The number of sulfonamides is 1. The lowest BCUT2D eigenvalue weighted by Gasteiger charge is -2.09. The van der Waals surface area contributed by atoms with E-state index in [-0.39, 0.29) is 11.7 Å². The third-order valence-electron chi connectivity index (χ3n) is 2.42. The quantitative estimate of drug-likeness (QED) is 0.842. The van der Waals surface area contributed by atoms with Crippen LogP contribution < -0.4 is 10.0 Å². The van der Waals surface area contributed by atoms with E-state index in [9.17, 15) is 13.2 Å². The maximum atomic E-state index is 11.6. The third kappa shape index (κ3) is 5.74. The van der Waals surface area contributed by atoms with E-state index in [2.05, 4.69) is 10.0 Å². The smallest absolute Gasteiger partial charge is 0.232 e. The molecule has 0 aromatic heterocycles. The SMILES string of the molecule is CCS(=O)(=O)Nc1ccc(NC(=O)CC(C)C)cc1. The second-order valence-electron chi connectivity index (χ2n) is 4.73. The summed E-state index contributed by atoms with van der Waals surface area (Å²) in [5, 5.41) is 2.76. The van der Waals surface area contributed by atoms with Crippen LogP contribution >= 0.6 is 0 Å². The van der Waals surface area contributed by atoms with Crippen molar-refractivity contribution in [2.24, 2.45) is 5.92 Å². The Labute approximate surface area is 114 Å². The van der Waals surface area contributed by atoms with Crippen molar-refractivity contribution < 1.29 is 13.2 Å². The monoisotopic (exact) mass is 284 g/mol. The molecular weight excluding hydrogens is 264 g/mol. The second-order valence-corrected chi connectivity index (χ2v) is 6.74. The van der Waals surface area contributed by atoms with Crippen molar-refractivity contribution >= 4 is 27.3 Å². The van der Waals surface area contributed by atoms with Gasteiger partial charge < -0.3 is 5.32 Å². The van der Waals surface area contributed by atoms with Crippen LogP contribution in [0.5, 0.6) is 0 Å². The van der Waals surface area contributed by atoms with Crippen LogP contribution in [-0.4, -0.2) is 20.1 Å². The Morgan fingerprint density at radius 1 is 1.16 bits per heavy atom. The van der Waals surface area contributed by atoms with Gasteiger partial charge in [-0.2, -0.15) is 0 Å². The van der Waals surface area contributed by atoms with Crippen molar-refractivity contribution in [1.29, 1.82) is 0 Å². The Morgan fingerprint density at radius 2 is 1.68 bits per heavy atom. The van der Waals surface area contributed by atoms with E-state index >= 15 is 0 Å². The summed E-state index contributed by atoms with van der Waals surface area (Å²) in [4.78, 5) is 11.6. The van der Waals surface area contributed by atoms with Crippen LogP contribution in [0.1, 0.15) is 27.2 Å². The van der Waals surface area contributed by atoms with E-state index in [0.717, 1.165) is 0 Å². The topological polar surface area (TPSA) is 75.3 Å². The molecule has 0 atom stereocenters. The van der Waals surface area contributed by atoms with Gasteiger partial charge in [0.2, 0.25) is 15.9 Å². The van der Waals surface area contributed by atoms with Crippen molar-refractivity contribution in [3.05, 3.63) is 24.3 Å². The van der Waals surface area contributed by atoms with Gasteiger partial charge in [0.05, 0.1) is 5.75 Å². The number of hydrogen-bond acceptors (Lipinski definition) is 3. The number of nitrogens with one attached hydrogen (secondary N) is 2. The molecule has 0 unspecified atom stereocenters. The van der Waals surface area contributed by atoms with Gasteiger partial charge in [-0.25, -0.2) is 8.42 Å².